The number of carbonyl (C=O) groups is 3. The fourth-order valence-corrected chi connectivity index (χ4v) is 4.65. The Labute approximate surface area is 198 Å². The molecule has 0 radical (unpaired) electrons. The predicted molar refractivity (Wildman–Crippen MR) is 125 cm³/mol. The molecule has 1 saturated heterocycles. The maximum atomic E-state index is 13.4. The first-order chi connectivity index (χ1) is 16.4. The van der Waals surface area contributed by atoms with Crippen LogP contribution < -0.4 is 10.1 Å². The number of para-hydroxylation sites is 1. The molecule has 178 valence electrons. The number of rotatable bonds is 8. The van der Waals surface area contributed by atoms with Crippen molar-refractivity contribution < 1.29 is 24.2 Å². The number of carbonyl (C=O) groups excluding carboxylic acids is 2. The summed E-state index contributed by atoms with van der Waals surface area (Å²) >= 11 is 0. The fraction of sp³-hybridized carbons (Fsp3) is 0.360. The molecule has 3 amide bonds. The molecule has 2 aromatic rings. The number of piperidine rings is 1. The molecule has 2 atom stereocenters. The van der Waals surface area contributed by atoms with Gasteiger partial charge in [0, 0.05) is 33.0 Å². The van der Waals surface area contributed by atoms with E-state index in [1.165, 1.54) is 5.01 Å². The second kappa shape index (κ2) is 9.94. The zero-order valence-electron chi connectivity index (χ0n) is 19.0. The van der Waals surface area contributed by atoms with Crippen LogP contribution in [0.25, 0.3) is 0 Å². The van der Waals surface area contributed by atoms with E-state index in [2.05, 4.69) is 10.4 Å². The molecule has 2 aliphatic heterocycles. The summed E-state index contributed by atoms with van der Waals surface area (Å²) in [6.45, 7) is 0.685. The first-order valence-corrected chi connectivity index (χ1v) is 11.3. The van der Waals surface area contributed by atoms with Gasteiger partial charge in [-0.2, -0.15) is 5.10 Å². The van der Waals surface area contributed by atoms with E-state index >= 15 is 0 Å². The van der Waals surface area contributed by atoms with Gasteiger partial charge in [0.05, 0.1) is 12.3 Å². The molecule has 0 spiro atoms. The highest BCUT2D eigenvalue weighted by atomic mass is 16.5. The van der Waals surface area contributed by atoms with Crippen molar-refractivity contribution in [3.63, 3.8) is 0 Å². The van der Waals surface area contributed by atoms with Crippen molar-refractivity contribution in [3.05, 3.63) is 66.2 Å². The second-order valence-corrected chi connectivity index (χ2v) is 8.58. The van der Waals surface area contributed by atoms with E-state index in [9.17, 15) is 19.5 Å². The standard InChI is InChI=1S/C25H28N4O5/c1-28-23(31)25(16-18-8-4-2-5-9-18)17-29(14-12-21(25)27-28)22(30)20(26-24(32)33)13-15-34-19-10-6-3-7-11-19/h2-11,20,26H,12-17H2,1H3,(H,32,33). The number of hydrogen-bond donors (Lipinski definition) is 2. The van der Waals surface area contributed by atoms with Crippen LogP contribution in [0.5, 0.6) is 5.75 Å². The van der Waals surface area contributed by atoms with Crippen LogP contribution in [0.3, 0.4) is 0 Å². The summed E-state index contributed by atoms with van der Waals surface area (Å²) in [5, 5.41) is 17.5. The average molecular weight is 465 g/mol. The molecule has 0 aromatic heterocycles. The summed E-state index contributed by atoms with van der Waals surface area (Å²) in [5.41, 5.74) is 0.797. The zero-order chi connectivity index (χ0) is 24.1. The molecule has 0 aliphatic carbocycles. The monoisotopic (exact) mass is 464 g/mol. The molecule has 2 aliphatic rings. The number of nitrogens with zero attached hydrogens (tertiary/aromatic N) is 3. The van der Waals surface area contributed by atoms with E-state index in [1.807, 2.05) is 48.5 Å². The molecule has 2 aromatic carbocycles. The quantitative estimate of drug-likeness (QED) is 0.623. The van der Waals surface area contributed by atoms with Crippen LogP contribution in [0.4, 0.5) is 4.79 Å². The van der Waals surface area contributed by atoms with Crippen LogP contribution in [-0.4, -0.2) is 71.4 Å². The third-order valence-corrected chi connectivity index (χ3v) is 6.28. The number of ether oxygens (including phenoxy) is 1. The molecule has 9 nitrogen and oxygen atoms in total. The van der Waals surface area contributed by atoms with Crippen LogP contribution in [0.1, 0.15) is 18.4 Å². The molecular weight excluding hydrogens is 436 g/mol. The maximum Gasteiger partial charge on any atom is 0.405 e. The van der Waals surface area contributed by atoms with Gasteiger partial charge in [0.15, 0.2) is 0 Å². The lowest BCUT2D eigenvalue weighted by Crippen LogP contribution is -2.59. The summed E-state index contributed by atoms with van der Waals surface area (Å²) in [6.07, 6.45) is -0.243. The molecule has 2 unspecified atom stereocenters. The molecule has 2 N–H and O–H groups in total. The number of carboxylic acid groups (broad SMARTS) is 1. The number of hydrogen-bond acceptors (Lipinski definition) is 5. The Balaban J connectivity index is 1.50. The van der Waals surface area contributed by atoms with E-state index in [4.69, 9.17) is 4.74 Å². The van der Waals surface area contributed by atoms with Crippen molar-refractivity contribution in [1.29, 1.82) is 0 Å². The Morgan fingerprint density at radius 3 is 2.50 bits per heavy atom. The van der Waals surface area contributed by atoms with Gasteiger partial charge < -0.3 is 20.1 Å². The second-order valence-electron chi connectivity index (χ2n) is 8.58. The van der Waals surface area contributed by atoms with Gasteiger partial charge in [0.2, 0.25) is 5.91 Å². The van der Waals surface area contributed by atoms with Crippen LogP contribution in [0.15, 0.2) is 65.8 Å². The minimum absolute atomic E-state index is 0.153. The lowest BCUT2D eigenvalue weighted by molar-refractivity contribution is -0.140. The van der Waals surface area contributed by atoms with Gasteiger partial charge in [0.25, 0.3) is 5.91 Å². The van der Waals surface area contributed by atoms with Gasteiger partial charge in [-0.3, -0.25) is 9.59 Å². The Bertz CT molecular complexity index is 1080. The number of likely N-dealkylation sites (tertiary alicyclic amines) is 1. The predicted octanol–water partition coefficient (Wildman–Crippen LogP) is 2.38. The normalized spacial score (nSPS) is 20.4. The Morgan fingerprint density at radius 1 is 1.15 bits per heavy atom. The highest BCUT2D eigenvalue weighted by Gasteiger charge is 2.53. The van der Waals surface area contributed by atoms with Crippen molar-refractivity contribution in [2.45, 2.75) is 25.3 Å². The minimum atomic E-state index is -1.28. The summed E-state index contributed by atoms with van der Waals surface area (Å²) in [6, 6.07) is 17.8. The van der Waals surface area contributed by atoms with Gasteiger partial charge >= 0.3 is 6.09 Å². The SMILES string of the molecule is CN1N=C2CCN(C(=O)C(CCOc3ccccc3)NC(=O)O)CC2(Cc2ccccc2)C1=O. The van der Waals surface area contributed by atoms with Crippen molar-refractivity contribution in [2.75, 3.05) is 26.7 Å². The van der Waals surface area contributed by atoms with Crippen molar-refractivity contribution in [2.24, 2.45) is 10.5 Å². The van der Waals surface area contributed by atoms with E-state index in [-0.39, 0.29) is 31.4 Å². The number of amides is 3. The molecule has 4 rings (SSSR count). The minimum Gasteiger partial charge on any atom is -0.494 e. The first-order valence-electron chi connectivity index (χ1n) is 11.3. The highest BCUT2D eigenvalue weighted by molar-refractivity contribution is 6.13. The van der Waals surface area contributed by atoms with Gasteiger partial charge in [-0.25, -0.2) is 9.80 Å². The van der Waals surface area contributed by atoms with Crippen LogP contribution >= 0.6 is 0 Å². The molecule has 9 heteroatoms. The third kappa shape index (κ3) is 4.88. The van der Waals surface area contributed by atoms with Crippen molar-refractivity contribution in [1.82, 2.24) is 15.2 Å². The topological polar surface area (TPSA) is 112 Å². The van der Waals surface area contributed by atoms with Crippen molar-refractivity contribution >= 4 is 23.6 Å². The van der Waals surface area contributed by atoms with Crippen LogP contribution in [0, 0.1) is 5.41 Å². The molecule has 0 bridgehead atoms. The number of hydrazone groups is 1. The Kier molecular flexibility index (Phi) is 6.81. The van der Waals surface area contributed by atoms with E-state index < -0.39 is 17.6 Å². The Hall–Kier alpha value is -3.88. The largest absolute Gasteiger partial charge is 0.494 e. The lowest BCUT2D eigenvalue weighted by atomic mass is 9.73. The van der Waals surface area contributed by atoms with Gasteiger partial charge in [0.1, 0.15) is 17.2 Å². The smallest absolute Gasteiger partial charge is 0.405 e. The Morgan fingerprint density at radius 2 is 1.82 bits per heavy atom. The average Bonchev–Trinajstić information content (AvgIpc) is 3.08. The lowest BCUT2D eigenvalue weighted by Gasteiger charge is -2.40. The first kappa shape index (κ1) is 23.3. The number of nitrogens with one attached hydrogen (secondary N) is 1. The highest BCUT2D eigenvalue weighted by Crippen LogP contribution is 2.38. The van der Waals surface area contributed by atoms with Crippen LogP contribution in [-0.2, 0) is 16.0 Å². The summed E-state index contributed by atoms with van der Waals surface area (Å²) in [5.74, 6) is 0.121. The van der Waals surface area contributed by atoms with Gasteiger partial charge in [-0.05, 0) is 24.1 Å². The van der Waals surface area contributed by atoms with E-state index in [0.717, 1.165) is 11.3 Å². The summed E-state index contributed by atoms with van der Waals surface area (Å²) in [4.78, 5) is 39.7. The number of benzene rings is 2. The van der Waals surface area contributed by atoms with E-state index in [0.29, 0.717) is 25.1 Å². The van der Waals surface area contributed by atoms with Gasteiger partial charge in [-0.15, -0.1) is 0 Å². The molecule has 1 fully saturated rings. The maximum absolute atomic E-state index is 13.4. The van der Waals surface area contributed by atoms with Crippen LogP contribution in [0.2, 0.25) is 0 Å². The zero-order valence-corrected chi connectivity index (χ0v) is 19.0. The van der Waals surface area contributed by atoms with Crippen molar-refractivity contribution in [3.8, 4) is 5.75 Å². The molecular formula is C25H28N4O5. The number of fused-ring (bicyclic) bond motifs is 1. The third-order valence-electron chi connectivity index (χ3n) is 6.28. The van der Waals surface area contributed by atoms with Gasteiger partial charge in [-0.1, -0.05) is 48.5 Å². The molecule has 0 saturated carbocycles. The molecule has 2 heterocycles. The van der Waals surface area contributed by atoms with E-state index in [1.54, 1.807) is 24.1 Å². The summed E-state index contributed by atoms with van der Waals surface area (Å²) in [7, 11) is 1.63. The fourth-order valence-electron chi connectivity index (χ4n) is 4.65. The molecule has 34 heavy (non-hydrogen) atoms. The summed E-state index contributed by atoms with van der Waals surface area (Å²) < 4.78 is 5.67.